The number of carbonyl (C=O) groups excluding carboxylic acids is 2. The van der Waals surface area contributed by atoms with Crippen molar-refractivity contribution in [2.75, 3.05) is 4.90 Å². The van der Waals surface area contributed by atoms with Crippen LogP contribution in [-0.4, -0.2) is 22.9 Å². The maximum Gasteiger partial charge on any atom is 0.300 e. The van der Waals surface area contributed by atoms with E-state index in [0.29, 0.717) is 17.0 Å². The summed E-state index contributed by atoms with van der Waals surface area (Å²) in [6.45, 7) is 11.7. The van der Waals surface area contributed by atoms with Gasteiger partial charge >= 0.3 is 0 Å². The van der Waals surface area contributed by atoms with Gasteiger partial charge in [-0.15, -0.1) is 11.3 Å². The number of hydrogen-bond donors (Lipinski definition) is 1. The number of nitrogens with zero attached hydrogens (tertiary/aromatic N) is 1. The van der Waals surface area contributed by atoms with Gasteiger partial charge in [0.25, 0.3) is 11.7 Å². The molecular weight excluding hydrogens is 446 g/mol. The van der Waals surface area contributed by atoms with Crippen LogP contribution in [0.15, 0.2) is 53.4 Å². The molecule has 0 aliphatic carbocycles. The molecule has 0 saturated carbocycles. The molecule has 1 aliphatic rings. The first-order chi connectivity index (χ1) is 16.1. The highest BCUT2D eigenvalue weighted by molar-refractivity contribution is 7.10. The lowest BCUT2D eigenvalue weighted by molar-refractivity contribution is -0.132. The third-order valence-corrected chi connectivity index (χ3v) is 7.25. The molecule has 1 atom stereocenters. The Labute approximate surface area is 204 Å². The molecular formula is C28H29NO4S. The van der Waals surface area contributed by atoms with Gasteiger partial charge in [-0.1, -0.05) is 6.07 Å². The van der Waals surface area contributed by atoms with Crippen molar-refractivity contribution in [2.45, 2.75) is 53.7 Å². The zero-order chi connectivity index (χ0) is 24.7. The van der Waals surface area contributed by atoms with Gasteiger partial charge in [-0.2, -0.15) is 0 Å². The standard InChI is InChI=1S/C28H29NO4S/c1-15(2)33-22-10-8-20(13-19(22)6)25(30)23-24(27-17(4)11-12-34-27)29(28(32)26(23)31)21-9-7-16(3)18(5)14-21/h7-15,24,30H,1-6H3/b25-23-. The second kappa shape index (κ2) is 9.11. The average molecular weight is 476 g/mol. The molecule has 1 fully saturated rings. The van der Waals surface area contributed by atoms with Gasteiger partial charge in [-0.3, -0.25) is 14.5 Å². The normalized spacial score (nSPS) is 17.6. The third-order valence-electron chi connectivity index (χ3n) is 6.17. The molecule has 2 heterocycles. The molecule has 2 aromatic carbocycles. The highest BCUT2D eigenvalue weighted by atomic mass is 32.1. The summed E-state index contributed by atoms with van der Waals surface area (Å²) in [5.74, 6) is -0.790. The number of aliphatic hydroxyl groups is 1. The smallest absolute Gasteiger partial charge is 0.300 e. The summed E-state index contributed by atoms with van der Waals surface area (Å²) < 4.78 is 5.81. The van der Waals surface area contributed by atoms with E-state index in [2.05, 4.69) is 0 Å². The molecule has 6 heteroatoms. The van der Waals surface area contributed by atoms with E-state index in [1.54, 1.807) is 18.2 Å². The van der Waals surface area contributed by atoms with Gasteiger partial charge in [0.1, 0.15) is 17.6 Å². The molecule has 1 aliphatic heterocycles. The Bertz CT molecular complexity index is 1320. The Balaban J connectivity index is 1.90. The number of carbonyl (C=O) groups is 2. The molecule has 0 bridgehead atoms. The third kappa shape index (κ3) is 4.14. The molecule has 0 spiro atoms. The van der Waals surface area contributed by atoms with Crippen LogP contribution in [-0.2, 0) is 9.59 Å². The van der Waals surface area contributed by atoms with Crippen LogP contribution in [0.2, 0.25) is 0 Å². The van der Waals surface area contributed by atoms with E-state index >= 15 is 0 Å². The maximum atomic E-state index is 13.3. The van der Waals surface area contributed by atoms with Crippen molar-refractivity contribution in [1.29, 1.82) is 0 Å². The Morgan fingerprint density at radius 3 is 2.26 bits per heavy atom. The number of aliphatic hydroxyl groups excluding tert-OH is 1. The molecule has 1 saturated heterocycles. The van der Waals surface area contributed by atoms with Crippen molar-refractivity contribution in [3.8, 4) is 5.75 Å². The first-order valence-electron chi connectivity index (χ1n) is 11.3. The van der Waals surface area contributed by atoms with Gasteiger partial charge in [0, 0.05) is 16.1 Å². The number of amides is 1. The topological polar surface area (TPSA) is 66.8 Å². The molecule has 4 rings (SSSR count). The summed E-state index contributed by atoms with van der Waals surface area (Å²) in [4.78, 5) is 29.0. The second-order valence-electron chi connectivity index (χ2n) is 9.05. The molecule has 5 nitrogen and oxygen atoms in total. The van der Waals surface area contributed by atoms with E-state index in [-0.39, 0.29) is 17.4 Å². The van der Waals surface area contributed by atoms with E-state index < -0.39 is 17.7 Å². The minimum atomic E-state index is -0.700. The SMILES string of the molecule is Cc1ccc(N2C(=O)C(=O)/C(=C(\O)c3ccc(OC(C)C)c(C)c3)C2c2sccc2C)cc1C. The lowest BCUT2D eigenvalue weighted by Gasteiger charge is -2.25. The molecule has 176 valence electrons. The Morgan fingerprint density at radius 2 is 1.68 bits per heavy atom. The molecule has 34 heavy (non-hydrogen) atoms. The first kappa shape index (κ1) is 23.8. The number of aryl methyl sites for hydroxylation is 4. The predicted octanol–water partition coefficient (Wildman–Crippen LogP) is 6.40. The van der Waals surface area contributed by atoms with Crippen LogP contribution < -0.4 is 9.64 Å². The van der Waals surface area contributed by atoms with Crippen LogP contribution in [0.1, 0.15) is 52.6 Å². The summed E-state index contributed by atoms with van der Waals surface area (Å²) in [6.07, 6.45) is 0.0169. The van der Waals surface area contributed by atoms with Crippen LogP contribution in [0, 0.1) is 27.7 Å². The minimum absolute atomic E-state index is 0.0169. The number of rotatable bonds is 5. The van der Waals surface area contributed by atoms with E-state index in [1.807, 2.05) is 71.2 Å². The van der Waals surface area contributed by atoms with E-state index in [4.69, 9.17) is 4.74 Å². The summed E-state index contributed by atoms with van der Waals surface area (Å²) in [7, 11) is 0. The fourth-order valence-electron chi connectivity index (χ4n) is 4.23. The number of anilines is 1. The van der Waals surface area contributed by atoms with Gasteiger partial charge in [-0.25, -0.2) is 0 Å². The molecule has 3 aromatic rings. The number of Topliss-reactive ketones (excluding diaryl/α,β-unsaturated/α-hetero) is 1. The largest absolute Gasteiger partial charge is 0.507 e. The van der Waals surface area contributed by atoms with E-state index in [9.17, 15) is 14.7 Å². The van der Waals surface area contributed by atoms with Crippen molar-refractivity contribution in [1.82, 2.24) is 0 Å². The zero-order valence-corrected chi connectivity index (χ0v) is 21.1. The van der Waals surface area contributed by atoms with Crippen molar-refractivity contribution >= 4 is 34.5 Å². The molecule has 1 amide bonds. The molecule has 0 radical (unpaired) electrons. The molecule has 1 N–H and O–H groups in total. The van der Waals surface area contributed by atoms with Gasteiger partial charge in [-0.05, 0) is 106 Å². The van der Waals surface area contributed by atoms with Crippen molar-refractivity contribution in [3.63, 3.8) is 0 Å². The summed E-state index contributed by atoms with van der Waals surface area (Å²) >= 11 is 1.47. The number of benzene rings is 2. The monoisotopic (exact) mass is 475 g/mol. The summed E-state index contributed by atoms with van der Waals surface area (Å²) in [5.41, 5.74) is 5.15. The Morgan fingerprint density at radius 1 is 0.941 bits per heavy atom. The van der Waals surface area contributed by atoms with Gasteiger partial charge in [0.15, 0.2) is 0 Å². The maximum absolute atomic E-state index is 13.3. The van der Waals surface area contributed by atoms with Crippen LogP contribution in [0.5, 0.6) is 5.75 Å². The number of hydrogen-bond acceptors (Lipinski definition) is 5. The van der Waals surface area contributed by atoms with Gasteiger partial charge < -0.3 is 9.84 Å². The van der Waals surface area contributed by atoms with Crippen LogP contribution in [0.4, 0.5) is 5.69 Å². The van der Waals surface area contributed by atoms with E-state index in [1.165, 1.54) is 16.2 Å². The summed E-state index contributed by atoms with van der Waals surface area (Å²) in [5, 5.41) is 13.3. The van der Waals surface area contributed by atoms with E-state index in [0.717, 1.165) is 27.1 Å². The lowest BCUT2D eigenvalue weighted by atomic mass is 9.97. The lowest BCUT2D eigenvalue weighted by Crippen LogP contribution is -2.29. The highest BCUT2D eigenvalue weighted by Crippen LogP contribution is 2.45. The fourth-order valence-corrected chi connectivity index (χ4v) is 5.25. The number of ketones is 1. The van der Waals surface area contributed by atoms with Crippen LogP contribution >= 0.6 is 11.3 Å². The Hall–Kier alpha value is -3.38. The van der Waals surface area contributed by atoms with Gasteiger partial charge in [0.05, 0.1) is 11.7 Å². The van der Waals surface area contributed by atoms with Crippen LogP contribution in [0.3, 0.4) is 0 Å². The molecule has 1 unspecified atom stereocenters. The van der Waals surface area contributed by atoms with Gasteiger partial charge in [0.2, 0.25) is 0 Å². The number of thiophene rings is 1. The predicted molar refractivity (Wildman–Crippen MR) is 137 cm³/mol. The molecule has 1 aromatic heterocycles. The zero-order valence-electron chi connectivity index (χ0n) is 20.3. The quantitative estimate of drug-likeness (QED) is 0.264. The average Bonchev–Trinajstić information content (AvgIpc) is 3.31. The van der Waals surface area contributed by atoms with Crippen molar-refractivity contribution < 1.29 is 19.4 Å². The van der Waals surface area contributed by atoms with Crippen molar-refractivity contribution in [2.24, 2.45) is 0 Å². The first-order valence-corrected chi connectivity index (χ1v) is 12.2. The summed E-state index contributed by atoms with van der Waals surface area (Å²) in [6, 6.07) is 12.3. The fraction of sp³-hybridized carbons (Fsp3) is 0.286. The minimum Gasteiger partial charge on any atom is -0.507 e. The van der Waals surface area contributed by atoms with Crippen LogP contribution in [0.25, 0.3) is 5.76 Å². The highest BCUT2D eigenvalue weighted by Gasteiger charge is 2.48. The Kier molecular flexibility index (Phi) is 6.36. The second-order valence-corrected chi connectivity index (χ2v) is 10.0. The number of ether oxygens (including phenoxy) is 1. The van der Waals surface area contributed by atoms with Crippen molar-refractivity contribution in [3.05, 3.63) is 86.1 Å².